The molecule has 0 fully saturated rings. The van der Waals surface area contributed by atoms with Crippen molar-refractivity contribution in [1.82, 2.24) is 0 Å². The topological polar surface area (TPSA) is 41.8 Å². The van der Waals surface area contributed by atoms with Crippen molar-refractivity contribution in [3.8, 4) is 5.75 Å². The van der Waals surface area contributed by atoms with Crippen molar-refractivity contribution in [2.75, 3.05) is 6.61 Å². The maximum Gasteiger partial charge on any atom is 0.128 e. The fourth-order valence-electron chi connectivity index (χ4n) is 1.52. The number of nitrogens with zero attached hydrogens (tertiary/aromatic N) is 1. The second-order valence-electron chi connectivity index (χ2n) is 3.84. The van der Waals surface area contributed by atoms with E-state index in [2.05, 4.69) is 12.1 Å². The molecule has 1 aromatic rings. The van der Waals surface area contributed by atoms with Gasteiger partial charge in [-0.25, -0.2) is 0 Å². The minimum atomic E-state index is 0.596. The second kappa shape index (κ2) is 7.96. The molecule has 0 saturated heterocycles. The summed E-state index contributed by atoms with van der Waals surface area (Å²) in [6, 6.07) is 5.26. The van der Waals surface area contributed by atoms with Gasteiger partial charge in [-0.15, -0.1) is 0 Å². The molecule has 0 radical (unpaired) electrons. The molecule has 3 nitrogen and oxygen atoms in total. The number of unbranched alkanes of at least 4 members (excludes halogenated alkanes) is 3. The minimum absolute atomic E-state index is 0.596. The van der Waals surface area contributed by atoms with Crippen LogP contribution in [0.4, 0.5) is 0 Å². The molecular weight excluding hydrogens is 238 g/mol. The summed E-state index contributed by atoms with van der Waals surface area (Å²) in [5, 5.41) is 12.1. The third-order valence-corrected chi connectivity index (χ3v) is 2.66. The summed E-state index contributed by atoms with van der Waals surface area (Å²) in [6.45, 7) is 2.85. The quantitative estimate of drug-likeness (QED) is 0.345. The monoisotopic (exact) mass is 255 g/mol. The summed E-state index contributed by atoms with van der Waals surface area (Å²) < 4.78 is 5.63. The number of halogens is 1. The lowest BCUT2D eigenvalue weighted by molar-refractivity contribution is 0.303. The van der Waals surface area contributed by atoms with E-state index in [1.807, 2.05) is 0 Å². The molecule has 0 unspecified atom stereocenters. The van der Waals surface area contributed by atoms with Crippen molar-refractivity contribution >= 4 is 17.8 Å². The Morgan fingerprint density at radius 2 is 2.18 bits per heavy atom. The lowest BCUT2D eigenvalue weighted by atomic mass is 10.2. The average molecular weight is 256 g/mol. The van der Waals surface area contributed by atoms with Crippen LogP contribution in [0.5, 0.6) is 5.75 Å². The Kier molecular flexibility index (Phi) is 6.48. The van der Waals surface area contributed by atoms with E-state index < -0.39 is 0 Å². The van der Waals surface area contributed by atoms with Crippen LogP contribution in [0.3, 0.4) is 0 Å². The molecule has 0 aliphatic heterocycles. The number of rotatable bonds is 7. The first-order chi connectivity index (χ1) is 8.27. The van der Waals surface area contributed by atoms with Gasteiger partial charge in [-0.3, -0.25) is 0 Å². The van der Waals surface area contributed by atoms with E-state index >= 15 is 0 Å². The molecule has 0 atom stereocenters. The van der Waals surface area contributed by atoms with Gasteiger partial charge >= 0.3 is 0 Å². The van der Waals surface area contributed by atoms with E-state index in [-0.39, 0.29) is 0 Å². The number of hydrogen-bond donors (Lipinski definition) is 1. The summed E-state index contributed by atoms with van der Waals surface area (Å²) in [6.07, 6.45) is 5.98. The van der Waals surface area contributed by atoms with Gasteiger partial charge in [0.15, 0.2) is 0 Å². The molecule has 0 spiro atoms. The van der Waals surface area contributed by atoms with E-state index in [0.717, 1.165) is 6.42 Å². The highest BCUT2D eigenvalue weighted by atomic mass is 35.5. The Morgan fingerprint density at radius 1 is 1.35 bits per heavy atom. The highest BCUT2D eigenvalue weighted by molar-refractivity contribution is 6.30. The van der Waals surface area contributed by atoms with Crippen LogP contribution in [0.25, 0.3) is 0 Å². The van der Waals surface area contributed by atoms with Crippen molar-refractivity contribution in [3.63, 3.8) is 0 Å². The molecule has 4 heteroatoms. The highest BCUT2D eigenvalue weighted by Crippen LogP contribution is 2.21. The highest BCUT2D eigenvalue weighted by Gasteiger charge is 2.02. The second-order valence-corrected chi connectivity index (χ2v) is 4.27. The fourth-order valence-corrected chi connectivity index (χ4v) is 1.71. The SMILES string of the molecule is CCCCCCOc1ccc(Cl)cc1/C=N/O. The molecule has 0 aliphatic rings. The zero-order chi connectivity index (χ0) is 12.5. The summed E-state index contributed by atoms with van der Waals surface area (Å²) in [4.78, 5) is 0. The molecule has 94 valence electrons. The number of benzene rings is 1. The fraction of sp³-hybridized carbons (Fsp3) is 0.462. The molecule has 1 rings (SSSR count). The molecule has 1 N–H and O–H groups in total. The maximum atomic E-state index is 8.55. The number of ether oxygens (including phenoxy) is 1. The molecule has 17 heavy (non-hydrogen) atoms. The summed E-state index contributed by atoms with van der Waals surface area (Å²) >= 11 is 5.86. The van der Waals surface area contributed by atoms with E-state index in [4.69, 9.17) is 21.5 Å². The van der Waals surface area contributed by atoms with Gasteiger partial charge in [0.25, 0.3) is 0 Å². The van der Waals surface area contributed by atoms with E-state index in [1.54, 1.807) is 18.2 Å². The van der Waals surface area contributed by atoms with Gasteiger partial charge in [-0.05, 0) is 24.6 Å². The Morgan fingerprint density at radius 3 is 2.88 bits per heavy atom. The standard InChI is InChI=1S/C13H18ClNO2/c1-2-3-4-5-8-17-13-7-6-12(14)9-11(13)10-15-16/h6-7,9-10,16H,2-5,8H2,1H3/b15-10+. The zero-order valence-corrected chi connectivity index (χ0v) is 10.8. The summed E-state index contributed by atoms with van der Waals surface area (Å²) in [5.74, 6) is 0.698. The van der Waals surface area contributed by atoms with Crippen LogP contribution in [0.15, 0.2) is 23.4 Å². The molecule has 0 saturated carbocycles. The third kappa shape index (κ3) is 5.09. The zero-order valence-electron chi connectivity index (χ0n) is 10.0. The molecule has 1 aromatic carbocycles. The van der Waals surface area contributed by atoms with Crippen LogP contribution >= 0.6 is 11.6 Å². The first kappa shape index (κ1) is 13.8. The predicted molar refractivity (Wildman–Crippen MR) is 70.5 cm³/mol. The Labute approximate surface area is 107 Å². The van der Waals surface area contributed by atoms with Crippen molar-refractivity contribution in [1.29, 1.82) is 0 Å². The van der Waals surface area contributed by atoms with Crippen LogP contribution in [-0.4, -0.2) is 18.0 Å². The van der Waals surface area contributed by atoms with Crippen LogP contribution < -0.4 is 4.74 Å². The van der Waals surface area contributed by atoms with Crippen LogP contribution in [-0.2, 0) is 0 Å². The number of oxime groups is 1. The first-order valence-electron chi connectivity index (χ1n) is 5.87. The van der Waals surface area contributed by atoms with E-state index in [0.29, 0.717) is 22.9 Å². The van der Waals surface area contributed by atoms with Gasteiger partial charge in [0, 0.05) is 10.6 Å². The molecule has 0 amide bonds. The third-order valence-electron chi connectivity index (χ3n) is 2.42. The Hall–Kier alpha value is -1.22. The maximum absolute atomic E-state index is 8.55. The Balaban J connectivity index is 2.51. The normalized spacial score (nSPS) is 10.9. The van der Waals surface area contributed by atoms with Crippen LogP contribution in [0.2, 0.25) is 5.02 Å². The van der Waals surface area contributed by atoms with Gasteiger partial charge in [-0.1, -0.05) is 42.9 Å². The molecule has 0 aromatic heterocycles. The number of hydrogen-bond acceptors (Lipinski definition) is 3. The van der Waals surface area contributed by atoms with Gasteiger partial charge in [0.05, 0.1) is 12.8 Å². The largest absolute Gasteiger partial charge is 0.493 e. The summed E-state index contributed by atoms with van der Waals surface area (Å²) in [5.41, 5.74) is 0.690. The average Bonchev–Trinajstić information content (AvgIpc) is 2.32. The minimum Gasteiger partial charge on any atom is -0.493 e. The Bertz CT molecular complexity index is 366. The molecule has 0 aliphatic carbocycles. The van der Waals surface area contributed by atoms with Crippen molar-refractivity contribution < 1.29 is 9.94 Å². The van der Waals surface area contributed by atoms with E-state index in [9.17, 15) is 0 Å². The van der Waals surface area contributed by atoms with Crippen molar-refractivity contribution in [3.05, 3.63) is 28.8 Å². The first-order valence-corrected chi connectivity index (χ1v) is 6.25. The smallest absolute Gasteiger partial charge is 0.128 e. The summed E-state index contributed by atoms with van der Waals surface area (Å²) in [7, 11) is 0. The van der Waals surface area contributed by atoms with Gasteiger partial charge in [0.1, 0.15) is 5.75 Å². The van der Waals surface area contributed by atoms with E-state index in [1.165, 1.54) is 25.5 Å². The van der Waals surface area contributed by atoms with Gasteiger partial charge < -0.3 is 9.94 Å². The van der Waals surface area contributed by atoms with Gasteiger partial charge in [-0.2, -0.15) is 0 Å². The van der Waals surface area contributed by atoms with Crippen LogP contribution in [0, 0.1) is 0 Å². The molecular formula is C13H18ClNO2. The molecule has 0 bridgehead atoms. The van der Waals surface area contributed by atoms with Crippen molar-refractivity contribution in [2.24, 2.45) is 5.16 Å². The van der Waals surface area contributed by atoms with Crippen molar-refractivity contribution in [2.45, 2.75) is 32.6 Å². The lowest BCUT2D eigenvalue weighted by Crippen LogP contribution is -2.00. The lowest BCUT2D eigenvalue weighted by Gasteiger charge is -2.08. The van der Waals surface area contributed by atoms with Crippen LogP contribution in [0.1, 0.15) is 38.2 Å². The predicted octanol–water partition coefficient (Wildman–Crippen LogP) is 4.11. The van der Waals surface area contributed by atoms with Gasteiger partial charge in [0.2, 0.25) is 0 Å². The molecule has 0 heterocycles.